The van der Waals surface area contributed by atoms with Crippen molar-refractivity contribution in [2.75, 3.05) is 12.4 Å². The molecule has 0 fully saturated rings. The lowest BCUT2D eigenvalue weighted by molar-refractivity contribution is -0.153. The van der Waals surface area contributed by atoms with Crippen LogP contribution in [0.2, 0.25) is 0 Å². The predicted octanol–water partition coefficient (Wildman–Crippen LogP) is -0.634. The summed E-state index contributed by atoms with van der Waals surface area (Å²) in [6, 6.07) is 0. The van der Waals surface area contributed by atoms with E-state index in [2.05, 4.69) is 0 Å². The van der Waals surface area contributed by atoms with Gasteiger partial charge in [-0.05, 0) is 6.16 Å². The molecule has 6 heteroatoms. The summed E-state index contributed by atoms with van der Waals surface area (Å²) in [6.07, 6.45) is 0.470. The Morgan fingerprint density at radius 3 is 2.09 bits per heavy atom. The molecule has 0 aromatic heterocycles. The van der Waals surface area contributed by atoms with Crippen LogP contribution in [0.4, 0.5) is 0 Å². The SMILES string of the molecule is NCPCC(C(=O)O)C(=O)O. The van der Waals surface area contributed by atoms with Crippen molar-refractivity contribution in [1.29, 1.82) is 0 Å². The first-order valence-corrected chi connectivity index (χ1v) is 4.37. The number of hydrogen-bond donors (Lipinski definition) is 3. The molecule has 1 atom stereocenters. The molecule has 0 radical (unpaired) electrons. The molecule has 0 saturated carbocycles. The Balaban J connectivity index is 3.90. The fourth-order valence-electron chi connectivity index (χ4n) is 0.508. The van der Waals surface area contributed by atoms with Crippen molar-refractivity contribution in [3.05, 3.63) is 0 Å². The van der Waals surface area contributed by atoms with Crippen molar-refractivity contribution in [2.45, 2.75) is 0 Å². The maximum Gasteiger partial charge on any atom is 0.318 e. The molecule has 0 heterocycles. The maximum atomic E-state index is 10.2. The summed E-state index contributed by atoms with van der Waals surface area (Å²) in [5, 5.41) is 16.7. The molecular formula is C5H10NO4P. The second-order valence-corrected chi connectivity index (χ2v) is 3.20. The molecule has 0 saturated heterocycles. The number of carboxylic acids is 2. The average Bonchev–Trinajstić information content (AvgIpc) is 1.87. The Kier molecular flexibility index (Phi) is 4.74. The number of carboxylic acid groups (broad SMARTS) is 2. The summed E-state index contributed by atoms with van der Waals surface area (Å²) < 4.78 is 0. The average molecular weight is 179 g/mol. The van der Waals surface area contributed by atoms with Gasteiger partial charge in [-0.15, -0.1) is 8.58 Å². The minimum atomic E-state index is -1.29. The van der Waals surface area contributed by atoms with Crippen molar-refractivity contribution < 1.29 is 19.8 Å². The Morgan fingerprint density at radius 2 is 1.82 bits per heavy atom. The molecule has 11 heavy (non-hydrogen) atoms. The van der Waals surface area contributed by atoms with Crippen LogP contribution in [-0.4, -0.2) is 34.6 Å². The van der Waals surface area contributed by atoms with Crippen LogP contribution in [0.1, 0.15) is 0 Å². The normalized spacial score (nSPS) is 11.1. The van der Waals surface area contributed by atoms with Crippen LogP contribution in [0, 0.1) is 5.92 Å². The number of nitrogens with two attached hydrogens (primary N) is 1. The first-order valence-electron chi connectivity index (χ1n) is 2.96. The Hall–Kier alpha value is -0.670. The van der Waals surface area contributed by atoms with Gasteiger partial charge in [-0.2, -0.15) is 0 Å². The van der Waals surface area contributed by atoms with Gasteiger partial charge < -0.3 is 15.9 Å². The molecule has 4 N–H and O–H groups in total. The number of aliphatic carboxylic acids is 2. The molecule has 64 valence electrons. The molecular weight excluding hydrogens is 169 g/mol. The third-order valence-electron chi connectivity index (χ3n) is 1.09. The minimum absolute atomic E-state index is 0.126. The van der Waals surface area contributed by atoms with Gasteiger partial charge in [0.1, 0.15) is 0 Å². The maximum absolute atomic E-state index is 10.2. The highest BCUT2D eigenvalue weighted by Gasteiger charge is 2.24. The highest BCUT2D eigenvalue weighted by molar-refractivity contribution is 7.38. The monoisotopic (exact) mass is 179 g/mol. The molecule has 0 rings (SSSR count). The van der Waals surface area contributed by atoms with E-state index in [0.717, 1.165) is 0 Å². The molecule has 0 aromatic rings. The molecule has 0 bridgehead atoms. The van der Waals surface area contributed by atoms with Gasteiger partial charge in [0.2, 0.25) is 0 Å². The summed E-state index contributed by atoms with van der Waals surface area (Å²) >= 11 is 0. The lowest BCUT2D eigenvalue weighted by Gasteiger charge is -2.04. The van der Waals surface area contributed by atoms with Crippen molar-refractivity contribution >= 4 is 20.5 Å². The molecule has 5 nitrogen and oxygen atoms in total. The van der Waals surface area contributed by atoms with Crippen LogP contribution >= 0.6 is 8.58 Å². The summed E-state index contributed by atoms with van der Waals surface area (Å²) in [5.74, 6) is -3.88. The van der Waals surface area contributed by atoms with Gasteiger partial charge >= 0.3 is 11.9 Å². The summed E-state index contributed by atoms with van der Waals surface area (Å²) in [4.78, 5) is 20.5. The predicted molar refractivity (Wildman–Crippen MR) is 41.0 cm³/mol. The van der Waals surface area contributed by atoms with E-state index in [-0.39, 0.29) is 14.7 Å². The minimum Gasteiger partial charge on any atom is -0.481 e. The zero-order chi connectivity index (χ0) is 8.85. The number of rotatable bonds is 5. The van der Waals surface area contributed by atoms with E-state index < -0.39 is 17.9 Å². The highest BCUT2D eigenvalue weighted by atomic mass is 31.1. The van der Waals surface area contributed by atoms with Gasteiger partial charge in [-0.3, -0.25) is 9.59 Å². The van der Waals surface area contributed by atoms with E-state index in [4.69, 9.17) is 15.9 Å². The highest BCUT2D eigenvalue weighted by Crippen LogP contribution is 2.13. The van der Waals surface area contributed by atoms with E-state index >= 15 is 0 Å². The first kappa shape index (κ1) is 10.3. The van der Waals surface area contributed by atoms with Gasteiger partial charge in [0.15, 0.2) is 5.92 Å². The second kappa shape index (κ2) is 5.04. The fraction of sp³-hybridized carbons (Fsp3) is 0.600. The first-order chi connectivity index (χ1) is 5.09. The van der Waals surface area contributed by atoms with Crippen LogP contribution in [-0.2, 0) is 9.59 Å². The van der Waals surface area contributed by atoms with Crippen molar-refractivity contribution in [3.63, 3.8) is 0 Å². The zero-order valence-electron chi connectivity index (χ0n) is 5.78. The number of hydrogen-bond acceptors (Lipinski definition) is 3. The van der Waals surface area contributed by atoms with E-state index in [1.54, 1.807) is 0 Å². The molecule has 0 spiro atoms. The zero-order valence-corrected chi connectivity index (χ0v) is 6.78. The summed E-state index contributed by atoms with van der Waals surface area (Å²) in [5.41, 5.74) is 5.10. The largest absolute Gasteiger partial charge is 0.481 e. The molecule has 0 aliphatic rings. The summed E-state index contributed by atoms with van der Waals surface area (Å²) in [7, 11) is 0.197. The topological polar surface area (TPSA) is 101 Å². The Labute approximate surface area is 65.4 Å². The van der Waals surface area contributed by atoms with E-state index in [1.165, 1.54) is 0 Å². The van der Waals surface area contributed by atoms with Crippen LogP contribution in [0.15, 0.2) is 0 Å². The molecule has 1 unspecified atom stereocenters. The standard InChI is InChI=1S/C5H10NO4P/c6-2-11-1-3(4(7)8)5(9)10/h3,11H,1-2,6H2,(H,7,8)(H,9,10). The van der Waals surface area contributed by atoms with Crippen molar-refractivity contribution in [2.24, 2.45) is 11.7 Å². The van der Waals surface area contributed by atoms with Gasteiger partial charge in [0.05, 0.1) is 0 Å². The van der Waals surface area contributed by atoms with Crippen LogP contribution in [0.3, 0.4) is 0 Å². The van der Waals surface area contributed by atoms with Gasteiger partial charge in [-0.25, -0.2) is 0 Å². The van der Waals surface area contributed by atoms with E-state index in [1.807, 2.05) is 0 Å². The quantitative estimate of drug-likeness (QED) is 0.385. The lowest BCUT2D eigenvalue weighted by atomic mass is 10.2. The molecule has 0 aliphatic carbocycles. The lowest BCUT2D eigenvalue weighted by Crippen LogP contribution is -2.25. The Morgan fingerprint density at radius 1 is 1.36 bits per heavy atom. The smallest absolute Gasteiger partial charge is 0.318 e. The molecule has 0 aromatic carbocycles. The van der Waals surface area contributed by atoms with Crippen molar-refractivity contribution in [3.8, 4) is 0 Å². The third-order valence-corrected chi connectivity index (χ3v) is 2.07. The fourth-order valence-corrected chi connectivity index (χ4v) is 1.31. The Bertz CT molecular complexity index is 147. The van der Waals surface area contributed by atoms with Gasteiger partial charge in [-0.1, -0.05) is 0 Å². The molecule has 0 amide bonds. The van der Waals surface area contributed by atoms with Gasteiger partial charge in [0, 0.05) is 6.29 Å². The van der Waals surface area contributed by atoms with Crippen LogP contribution < -0.4 is 5.73 Å². The second-order valence-electron chi connectivity index (χ2n) is 1.89. The number of carbonyl (C=O) groups is 2. The van der Waals surface area contributed by atoms with Crippen LogP contribution in [0.25, 0.3) is 0 Å². The van der Waals surface area contributed by atoms with Crippen molar-refractivity contribution in [1.82, 2.24) is 0 Å². The van der Waals surface area contributed by atoms with E-state index in [9.17, 15) is 9.59 Å². The van der Waals surface area contributed by atoms with Gasteiger partial charge in [0.25, 0.3) is 0 Å². The molecule has 0 aliphatic heterocycles. The third kappa shape index (κ3) is 3.91. The van der Waals surface area contributed by atoms with Crippen LogP contribution in [0.5, 0.6) is 0 Å². The summed E-state index contributed by atoms with van der Waals surface area (Å²) in [6.45, 7) is 0. The van der Waals surface area contributed by atoms with E-state index in [0.29, 0.717) is 6.29 Å².